The van der Waals surface area contributed by atoms with Gasteiger partial charge in [0.15, 0.2) is 0 Å². The Kier molecular flexibility index (Phi) is 25.1. The standard InChI is InChI=1S/C18H22O.C4H10.2C2H6.2CH4/c1-14(15-8-6-5-7-9-15)16-10-12-17(13-11-16)19-18(2,3)4;1-3-4-2;2*1-2;;/h5-14H,1-4H3;3-4H2,1-2H3;2*1-2H3;2*1H4. The van der Waals surface area contributed by atoms with Crippen LogP contribution in [0.2, 0.25) is 0 Å². The lowest BCUT2D eigenvalue weighted by Crippen LogP contribution is -2.22. The minimum absolute atomic E-state index is 0. The Labute approximate surface area is 184 Å². The van der Waals surface area contributed by atoms with E-state index in [1.165, 1.54) is 24.0 Å². The van der Waals surface area contributed by atoms with E-state index in [0.717, 1.165) is 5.75 Å². The van der Waals surface area contributed by atoms with E-state index in [1.54, 1.807) is 0 Å². The summed E-state index contributed by atoms with van der Waals surface area (Å²) in [6.45, 7) is 20.8. The highest BCUT2D eigenvalue weighted by Gasteiger charge is 2.12. The summed E-state index contributed by atoms with van der Waals surface area (Å²) in [6, 6.07) is 19.0. The molecule has 0 radical (unpaired) electrons. The van der Waals surface area contributed by atoms with E-state index in [4.69, 9.17) is 4.74 Å². The van der Waals surface area contributed by atoms with Crippen LogP contribution in [0.1, 0.15) is 114 Å². The largest absolute Gasteiger partial charge is 0.488 e. The number of ether oxygens (including phenoxy) is 1. The van der Waals surface area contributed by atoms with E-state index in [-0.39, 0.29) is 20.5 Å². The van der Waals surface area contributed by atoms with Gasteiger partial charge >= 0.3 is 0 Å². The summed E-state index contributed by atoms with van der Waals surface area (Å²) in [5.74, 6) is 1.33. The van der Waals surface area contributed by atoms with E-state index >= 15 is 0 Å². The van der Waals surface area contributed by atoms with Crippen molar-refractivity contribution in [3.8, 4) is 5.75 Å². The molecule has 2 aromatic carbocycles. The smallest absolute Gasteiger partial charge is 0.120 e. The molecular weight excluding hydrogens is 352 g/mol. The molecule has 1 nitrogen and oxygen atoms in total. The Morgan fingerprint density at radius 3 is 1.41 bits per heavy atom. The Balaban J connectivity index is -0.000000274. The van der Waals surface area contributed by atoms with E-state index < -0.39 is 0 Å². The van der Waals surface area contributed by atoms with E-state index in [0.29, 0.717) is 5.92 Å². The molecule has 29 heavy (non-hydrogen) atoms. The van der Waals surface area contributed by atoms with Crippen molar-refractivity contribution in [1.29, 1.82) is 0 Å². The fourth-order valence-electron chi connectivity index (χ4n) is 2.11. The monoisotopic (exact) mass is 404 g/mol. The number of hydrogen-bond donors (Lipinski definition) is 0. The summed E-state index contributed by atoms with van der Waals surface area (Å²) in [7, 11) is 0. The molecule has 1 unspecified atom stereocenters. The first-order chi connectivity index (χ1) is 12.9. The van der Waals surface area contributed by atoms with Crippen molar-refractivity contribution in [2.24, 2.45) is 0 Å². The molecular formula is C28H52O. The first-order valence-electron chi connectivity index (χ1n) is 10.7. The highest BCUT2D eigenvalue weighted by atomic mass is 16.5. The summed E-state index contributed by atoms with van der Waals surface area (Å²) in [4.78, 5) is 0. The normalized spacial score (nSPS) is 10.0. The van der Waals surface area contributed by atoms with Crippen molar-refractivity contribution < 1.29 is 4.74 Å². The molecule has 0 amide bonds. The molecule has 0 saturated carbocycles. The van der Waals surface area contributed by atoms with Gasteiger partial charge in [-0.05, 0) is 44.0 Å². The third kappa shape index (κ3) is 16.9. The van der Waals surface area contributed by atoms with Gasteiger partial charge in [-0.15, -0.1) is 0 Å². The second-order valence-electron chi connectivity index (χ2n) is 6.92. The predicted octanol–water partition coefficient (Wildman–Crippen LogP) is 10.1. The van der Waals surface area contributed by atoms with Gasteiger partial charge in [0, 0.05) is 5.92 Å². The topological polar surface area (TPSA) is 9.23 Å². The fraction of sp³-hybridized carbons (Fsp3) is 0.571. The first-order valence-corrected chi connectivity index (χ1v) is 10.7. The maximum Gasteiger partial charge on any atom is 0.120 e. The lowest BCUT2D eigenvalue weighted by molar-refractivity contribution is 0.131. The van der Waals surface area contributed by atoms with Gasteiger partial charge in [0.2, 0.25) is 0 Å². The third-order valence-electron chi connectivity index (χ3n) is 3.60. The Morgan fingerprint density at radius 2 is 1.07 bits per heavy atom. The molecule has 2 rings (SSSR count). The van der Waals surface area contributed by atoms with E-state index in [1.807, 2.05) is 27.7 Å². The van der Waals surface area contributed by atoms with Crippen LogP contribution in [0, 0.1) is 0 Å². The van der Waals surface area contributed by atoms with Gasteiger partial charge in [-0.25, -0.2) is 0 Å². The molecule has 0 aliphatic carbocycles. The van der Waals surface area contributed by atoms with E-state index in [2.05, 4.69) is 96.1 Å². The van der Waals surface area contributed by atoms with Crippen LogP contribution in [0.15, 0.2) is 54.6 Å². The average molecular weight is 405 g/mol. The number of hydrogen-bond acceptors (Lipinski definition) is 1. The second-order valence-corrected chi connectivity index (χ2v) is 6.92. The van der Waals surface area contributed by atoms with Crippen LogP contribution in [0.5, 0.6) is 5.75 Å². The van der Waals surface area contributed by atoms with Crippen molar-refractivity contribution in [2.45, 2.75) is 108 Å². The molecule has 0 N–H and O–H groups in total. The van der Waals surface area contributed by atoms with Crippen LogP contribution >= 0.6 is 0 Å². The van der Waals surface area contributed by atoms with Crippen molar-refractivity contribution in [3.05, 3.63) is 65.7 Å². The van der Waals surface area contributed by atoms with Crippen LogP contribution in [0.3, 0.4) is 0 Å². The number of unbranched alkanes of at least 4 members (excludes halogenated alkanes) is 1. The number of rotatable bonds is 4. The molecule has 0 spiro atoms. The van der Waals surface area contributed by atoms with Gasteiger partial charge in [0.05, 0.1) is 0 Å². The van der Waals surface area contributed by atoms with Gasteiger partial charge in [-0.1, -0.05) is 119 Å². The maximum absolute atomic E-state index is 5.84. The minimum atomic E-state index is -0.146. The Hall–Kier alpha value is -1.76. The zero-order chi connectivity index (χ0) is 21.3. The van der Waals surface area contributed by atoms with Gasteiger partial charge in [0.1, 0.15) is 11.4 Å². The lowest BCUT2D eigenvalue weighted by atomic mass is 9.93. The summed E-state index contributed by atoms with van der Waals surface area (Å²) >= 11 is 0. The second kappa shape index (κ2) is 21.0. The maximum atomic E-state index is 5.84. The van der Waals surface area contributed by atoms with Crippen molar-refractivity contribution in [2.75, 3.05) is 0 Å². The molecule has 0 aliphatic rings. The van der Waals surface area contributed by atoms with Crippen molar-refractivity contribution in [3.63, 3.8) is 0 Å². The zero-order valence-electron chi connectivity index (χ0n) is 19.6. The van der Waals surface area contributed by atoms with Crippen LogP contribution in [0.25, 0.3) is 0 Å². The van der Waals surface area contributed by atoms with Crippen molar-refractivity contribution >= 4 is 0 Å². The molecule has 0 saturated heterocycles. The Bertz CT molecular complexity index is 533. The Morgan fingerprint density at radius 1 is 0.690 bits per heavy atom. The fourth-order valence-corrected chi connectivity index (χ4v) is 2.11. The zero-order valence-corrected chi connectivity index (χ0v) is 19.6. The average Bonchev–Trinajstić information content (AvgIpc) is 2.71. The first kappa shape index (κ1) is 34.7. The summed E-state index contributed by atoms with van der Waals surface area (Å²) < 4.78 is 5.84. The molecule has 170 valence electrons. The van der Waals surface area contributed by atoms with Gasteiger partial charge in [-0.2, -0.15) is 0 Å². The molecule has 1 atom stereocenters. The SMILES string of the molecule is C.C.CC.CC.CC(c1ccccc1)c1ccc(OC(C)(C)C)cc1.CCCC. The quantitative estimate of drug-likeness (QED) is 0.492. The molecule has 0 heterocycles. The number of benzene rings is 2. The van der Waals surface area contributed by atoms with E-state index in [9.17, 15) is 0 Å². The van der Waals surface area contributed by atoms with Gasteiger partial charge in [0.25, 0.3) is 0 Å². The molecule has 0 aliphatic heterocycles. The molecule has 0 bridgehead atoms. The predicted molar refractivity (Wildman–Crippen MR) is 138 cm³/mol. The summed E-state index contributed by atoms with van der Waals surface area (Å²) in [5.41, 5.74) is 2.51. The summed E-state index contributed by atoms with van der Waals surface area (Å²) in [6.07, 6.45) is 2.64. The molecule has 0 aromatic heterocycles. The van der Waals surface area contributed by atoms with Crippen LogP contribution in [0.4, 0.5) is 0 Å². The summed E-state index contributed by atoms with van der Waals surface area (Å²) in [5, 5.41) is 0. The lowest BCUT2D eigenvalue weighted by Gasteiger charge is -2.21. The van der Waals surface area contributed by atoms with Crippen LogP contribution in [-0.2, 0) is 0 Å². The highest BCUT2D eigenvalue weighted by molar-refractivity contribution is 5.35. The highest BCUT2D eigenvalue weighted by Crippen LogP contribution is 2.26. The third-order valence-corrected chi connectivity index (χ3v) is 3.60. The molecule has 2 aromatic rings. The van der Waals surface area contributed by atoms with Crippen molar-refractivity contribution in [1.82, 2.24) is 0 Å². The van der Waals surface area contributed by atoms with Gasteiger partial charge in [-0.3, -0.25) is 0 Å². The molecule has 1 heteroatoms. The van der Waals surface area contributed by atoms with Crippen LogP contribution < -0.4 is 4.74 Å². The molecule has 0 fully saturated rings. The van der Waals surface area contributed by atoms with Crippen LogP contribution in [-0.4, -0.2) is 5.60 Å². The van der Waals surface area contributed by atoms with Gasteiger partial charge < -0.3 is 4.74 Å². The minimum Gasteiger partial charge on any atom is -0.488 e.